The second-order valence-corrected chi connectivity index (χ2v) is 7.13. The molecule has 0 saturated carbocycles. The van der Waals surface area contributed by atoms with Crippen molar-refractivity contribution in [3.05, 3.63) is 23.2 Å². The molecule has 2 aliphatic rings. The average Bonchev–Trinajstić information content (AvgIpc) is 3.04. The van der Waals surface area contributed by atoms with E-state index in [1.165, 1.54) is 12.8 Å². The largest absolute Gasteiger partial charge is 0.433 e. The van der Waals surface area contributed by atoms with Crippen LogP contribution in [0.3, 0.4) is 0 Å². The van der Waals surface area contributed by atoms with Gasteiger partial charge in [0.15, 0.2) is 11.6 Å². The number of hydrogen-bond donors (Lipinski definition) is 1. The zero-order valence-corrected chi connectivity index (χ0v) is 14.5. The van der Waals surface area contributed by atoms with Gasteiger partial charge >= 0.3 is 0 Å². The summed E-state index contributed by atoms with van der Waals surface area (Å²) in [6.07, 6.45) is 10.1. The van der Waals surface area contributed by atoms with Crippen molar-refractivity contribution < 1.29 is 4.74 Å². The number of ether oxygens (including phenoxy) is 1. The van der Waals surface area contributed by atoms with E-state index in [2.05, 4.69) is 42.9 Å². The van der Waals surface area contributed by atoms with Gasteiger partial charge in [0, 0.05) is 12.1 Å². The van der Waals surface area contributed by atoms with Crippen molar-refractivity contribution >= 4 is 21.7 Å². The quantitative estimate of drug-likeness (QED) is 0.883. The lowest BCUT2D eigenvalue weighted by Gasteiger charge is -2.36. The van der Waals surface area contributed by atoms with Crippen LogP contribution in [-0.2, 0) is 0 Å². The summed E-state index contributed by atoms with van der Waals surface area (Å²) in [7, 11) is 2.24. The van der Waals surface area contributed by atoms with Gasteiger partial charge in [-0.1, -0.05) is 0 Å². The number of rotatable bonds is 3. The minimum absolute atomic E-state index is 0.262. The number of fused-ring (bicyclic) bond motifs is 2. The highest BCUT2D eigenvalue weighted by Gasteiger charge is 2.39. The minimum Gasteiger partial charge on any atom is -0.433 e. The van der Waals surface area contributed by atoms with Crippen molar-refractivity contribution in [3.8, 4) is 11.6 Å². The third-order valence-corrected chi connectivity index (χ3v) is 5.36. The summed E-state index contributed by atoms with van der Waals surface area (Å²) in [5.41, 5.74) is 5.79. The van der Waals surface area contributed by atoms with Gasteiger partial charge in [0.2, 0.25) is 0 Å². The molecule has 0 radical (unpaired) electrons. The second kappa shape index (κ2) is 5.76. The Labute approximate surface area is 143 Å². The molecule has 122 valence electrons. The number of nitrogen functional groups attached to an aromatic ring is 1. The summed E-state index contributed by atoms with van der Waals surface area (Å²) in [6, 6.07) is 1.80. The lowest BCUT2D eigenvalue weighted by molar-refractivity contribution is 0.131. The molecule has 0 spiro atoms. The first-order valence-corrected chi connectivity index (χ1v) is 8.61. The number of aromatic nitrogens is 4. The molecule has 4 rings (SSSR count). The summed E-state index contributed by atoms with van der Waals surface area (Å²) in [6.45, 7) is 0. The molecule has 2 fully saturated rings. The van der Waals surface area contributed by atoms with Crippen LogP contribution in [0.15, 0.2) is 23.2 Å². The Kier molecular flexibility index (Phi) is 3.73. The molecular formula is C15H19BrN6O. The van der Waals surface area contributed by atoms with E-state index in [4.69, 9.17) is 10.5 Å². The molecule has 2 bridgehead atoms. The standard InChI is InChI=1S/C15H19BrN6O/c1-21-9-2-3-10(21)5-11(4-9)22-8-12(6-19-22)23-15-14(17)18-7-13(16)20-15/h6-11H,2-5H2,1H3,(H2,17,18)/t9-,10+,11-. The molecule has 2 aromatic rings. The van der Waals surface area contributed by atoms with E-state index < -0.39 is 0 Å². The Morgan fingerprint density at radius 1 is 1.22 bits per heavy atom. The molecular weight excluding hydrogens is 360 g/mol. The molecule has 23 heavy (non-hydrogen) atoms. The van der Waals surface area contributed by atoms with Gasteiger partial charge in [0.25, 0.3) is 5.88 Å². The summed E-state index contributed by atoms with van der Waals surface area (Å²) >= 11 is 3.27. The number of nitrogens with zero attached hydrogens (tertiary/aromatic N) is 5. The van der Waals surface area contributed by atoms with Gasteiger partial charge in [-0.25, -0.2) is 9.97 Å². The molecule has 2 aromatic heterocycles. The number of anilines is 1. The van der Waals surface area contributed by atoms with Gasteiger partial charge in [-0.15, -0.1) is 0 Å². The predicted molar refractivity (Wildman–Crippen MR) is 89.3 cm³/mol. The molecule has 0 unspecified atom stereocenters. The van der Waals surface area contributed by atoms with Gasteiger partial charge < -0.3 is 15.4 Å². The summed E-state index contributed by atoms with van der Waals surface area (Å²) in [4.78, 5) is 10.7. The number of halogens is 1. The smallest absolute Gasteiger partial charge is 0.263 e. The molecule has 2 N–H and O–H groups in total. The lowest BCUT2D eigenvalue weighted by Crippen LogP contribution is -2.40. The first kappa shape index (κ1) is 14.9. The van der Waals surface area contributed by atoms with E-state index in [0.717, 1.165) is 12.8 Å². The van der Waals surface area contributed by atoms with Crippen LogP contribution in [-0.4, -0.2) is 43.8 Å². The molecule has 7 nitrogen and oxygen atoms in total. The van der Waals surface area contributed by atoms with Crippen molar-refractivity contribution in [2.75, 3.05) is 12.8 Å². The van der Waals surface area contributed by atoms with Crippen LogP contribution in [0.2, 0.25) is 0 Å². The lowest BCUT2D eigenvalue weighted by atomic mass is 9.98. The zero-order chi connectivity index (χ0) is 16.0. The summed E-state index contributed by atoms with van der Waals surface area (Å²) < 4.78 is 8.34. The highest BCUT2D eigenvalue weighted by molar-refractivity contribution is 9.10. The summed E-state index contributed by atoms with van der Waals surface area (Å²) in [5.74, 6) is 1.19. The topological polar surface area (TPSA) is 82.1 Å². The van der Waals surface area contributed by atoms with Crippen LogP contribution in [0.4, 0.5) is 5.82 Å². The first-order valence-electron chi connectivity index (χ1n) is 7.82. The van der Waals surface area contributed by atoms with E-state index in [1.807, 2.05) is 10.9 Å². The number of piperidine rings is 1. The van der Waals surface area contributed by atoms with Crippen molar-refractivity contribution in [3.63, 3.8) is 0 Å². The van der Waals surface area contributed by atoms with Crippen LogP contribution < -0.4 is 10.5 Å². The van der Waals surface area contributed by atoms with Gasteiger partial charge in [0.05, 0.1) is 24.6 Å². The van der Waals surface area contributed by atoms with Crippen molar-refractivity contribution in [1.82, 2.24) is 24.6 Å². The van der Waals surface area contributed by atoms with Gasteiger partial charge in [-0.2, -0.15) is 5.10 Å². The van der Waals surface area contributed by atoms with E-state index in [1.54, 1.807) is 12.4 Å². The molecule has 8 heteroatoms. The van der Waals surface area contributed by atoms with Crippen molar-refractivity contribution in [2.45, 2.75) is 43.8 Å². The third-order valence-electron chi connectivity index (χ3n) is 4.98. The second-order valence-electron chi connectivity index (χ2n) is 6.32. The average molecular weight is 379 g/mol. The number of hydrogen-bond acceptors (Lipinski definition) is 6. The Bertz CT molecular complexity index is 706. The Hall–Kier alpha value is -1.67. The van der Waals surface area contributed by atoms with Crippen LogP contribution in [0.1, 0.15) is 31.7 Å². The molecule has 4 heterocycles. The maximum atomic E-state index is 5.79. The van der Waals surface area contributed by atoms with E-state index in [-0.39, 0.29) is 5.82 Å². The fraction of sp³-hybridized carbons (Fsp3) is 0.533. The highest BCUT2D eigenvalue weighted by atomic mass is 79.9. The Morgan fingerprint density at radius 2 is 1.96 bits per heavy atom. The normalized spacial score (nSPS) is 27.3. The van der Waals surface area contributed by atoms with Crippen molar-refractivity contribution in [2.24, 2.45) is 0 Å². The monoisotopic (exact) mass is 378 g/mol. The molecule has 0 amide bonds. The van der Waals surface area contributed by atoms with Gasteiger partial charge in [-0.05, 0) is 48.7 Å². The highest BCUT2D eigenvalue weighted by Crippen LogP contribution is 2.39. The molecule has 0 aromatic carbocycles. The van der Waals surface area contributed by atoms with Crippen LogP contribution in [0, 0.1) is 0 Å². The minimum atomic E-state index is 0.262. The molecule has 2 saturated heterocycles. The maximum absolute atomic E-state index is 5.79. The SMILES string of the molecule is CN1[C@@H]2CC[C@H]1C[C@H](n1cc(Oc3nc(Br)cnc3N)cn1)C2. The summed E-state index contributed by atoms with van der Waals surface area (Å²) in [5, 5.41) is 4.48. The van der Waals surface area contributed by atoms with Crippen LogP contribution in [0.5, 0.6) is 11.6 Å². The molecule has 0 aliphatic carbocycles. The fourth-order valence-corrected chi connectivity index (χ4v) is 3.98. The van der Waals surface area contributed by atoms with E-state index in [0.29, 0.717) is 34.4 Å². The predicted octanol–water partition coefficient (Wildman–Crippen LogP) is 2.61. The first-order chi connectivity index (χ1) is 11.1. The molecule has 3 atom stereocenters. The van der Waals surface area contributed by atoms with E-state index in [9.17, 15) is 0 Å². The van der Waals surface area contributed by atoms with Crippen molar-refractivity contribution in [1.29, 1.82) is 0 Å². The maximum Gasteiger partial charge on any atom is 0.263 e. The zero-order valence-electron chi connectivity index (χ0n) is 12.9. The Balaban J connectivity index is 1.50. The van der Waals surface area contributed by atoms with Gasteiger partial charge in [-0.3, -0.25) is 4.68 Å². The van der Waals surface area contributed by atoms with Crippen LogP contribution in [0.25, 0.3) is 0 Å². The fourth-order valence-electron chi connectivity index (χ4n) is 3.72. The van der Waals surface area contributed by atoms with Crippen LogP contribution >= 0.6 is 15.9 Å². The third kappa shape index (κ3) is 2.81. The number of nitrogens with two attached hydrogens (primary N) is 1. The Morgan fingerprint density at radius 3 is 2.70 bits per heavy atom. The van der Waals surface area contributed by atoms with E-state index >= 15 is 0 Å². The van der Waals surface area contributed by atoms with Gasteiger partial charge in [0.1, 0.15) is 4.60 Å². The molecule has 2 aliphatic heterocycles.